The van der Waals surface area contributed by atoms with Crippen LogP contribution in [0.15, 0.2) is 219 Å². The quantitative estimate of drug-likeness (QED) is 0.135. The summed E-state index contributed by atoms with van der Waals surface area (Å²) in [7, 11) is 0. The van der Waals surface area contributed by atoms with Crippen LogP contribution in [-0.4, -0.2) is 28.7 Å². The number of benzene rings is 8. The number of imidazole rings is 1. The molecule has 12 aromatic rings. The summed E-state index contributed by atoms with van der Waals surface area (Å²) in [6.07, 6.45) is 7.10. The van der Waals surface area contributed by atoms with Crippen LogP contribution in [0.5, 0.6) is 11.5 Å². The molecule has 0 aliphatic carbocycles. The predicted molar refractivity (Wildman–Crippen MR) is 260 cm³/mol. The van der Waals surface area contributed by atoms with Gasteiger partial charge in [0.15, 0.2) is 0 Å². The normalized spacial score (nSPS) is 11.4. The van der Waals surface area contributed by atoms with Gasteiger partial charge in [-0.1, -0.05) is 42.5 Å². The Morgan fingerprint density at radius 1 is 0.424 bits per heavy atom. The van der Waals surface area contributed by atoms with Crippen LogP contribution >= 0.6 is 0 Å². The van der Waals surface area contributed by atoms with Crippen molar-refractivity contribution in [1.29, 1.82) is 0 Å². The van der Waals surface area contributed by atoms with E-state index in [1.807, 2.05) is 42.9 Å². The first kappa shape index (κ1) is 39.3. The van der Waals surface area contributed by atoms with Crippen molar-refractivity contribution in [3.05, 3.63) is 235 Å². The Hall–Kier alpha value is -8.25. The average molecular weight is 1030 g/mol. The summed E-state index contributed by atoms with van der Waals surface area (Å²) < 4.78 is 14.5. The molecule has 8 heteroatoms. The number of hydrogen-bond acceptors (Lipinski definition) is 4. The molecule has 0 aliphatic rings. The molecule has 66 heavy (non-hydrogen) atoms. The summed E-state index contributed by atoms with van der Waals surface area (Å²) in [4.78, 5) is 13.7. The van der Waals surface area contributed by atoms with E-state index in [0.717, 1.165) is 98.3 Å². The zero-order valence-corrected chi connectivity index (χ0v) is 37.5. The molecule has 0 radical (unpaired) electrons. The van der Waals surface area contributed by atoms with Crippen molar-refractivity contribution >= 4 is 32.8 Å². The monoisotopic (exact) mass is 1030 g/mol. The molecule has 0 fully saturated rings. The van der Waals surface area contributed by atoms with Gasteiger partial charge >= 0.3 is 294 Å². The van der Waals surface area contributed by atoms with E-state index >= 15 is 0 Å². The maximum absolute atomic E-state index is 6.72. The second-order valence-electron chi connectivity index (χ2n) is 15.9. The van der Waals surface area contributed by atoms with Gasteiger partial charge < -0.3 is 0 Å². The van der Waals surface area contributed by atoms with Crippen molar-refractivity contribution < 1.29 is 24.1 Å². The van der Waals surface area contributed by atoms with Crippen LogP contribution < -0.4 is 4.74 Å². The van der Waals surface area contributed by atoms with Gasteiger partial charge in [0.05, 0.1) is 0 Å². The first-order chi connectivity index (χ1) is 32.7. The Balaban J connectivity index is 0.978. The SMILES string of the molecule is [Pt]=[c]1n(-c2[c-]c(Oc3[c-]c4c(cc3)c3ccccc3n4-c3cc(-c4ccccc4)c(-c4cncnc4)cn3)ccc2)c2ccccc2n1-c1c(-c2ccccc2)cccc1-c1ccccc1. The molecule has 0 amide bonds. The molecule has 7 nitrogen and oxygen atoms in total. The van der Waals surface area contributed by atoms with Crippen molar-refractivity contribution in [3.8, 4) is 73.2 Å². The molecule has 0 unspecified atom stereocenters. The molecule has 4 heterocycles. The van der Waals surface area contributed by atoms with Gasteiger partial charge in [0.2, 0.25) is 0 Å². The van der Waals surface area contributed by atoms with Gasteiger partial charge in [0.1, 0.15) is 6.33 Å². The fourth-order valence-electron chi connectivity index (χ4n) is 9.05. The zero-order valence-electron chi connectivity index (χ0n) is 35.2. The Labute approximate surface area is 391 Å². The van der Waals surface area contributed by atoms with Crippen molar-refractivity contribution in [2.75, 3.05) is 0 Å². The summed E-state index contributed by atoms with van der Waals surface area (Å²) in [5.41, 5.74) is 14.4. The van der Waals surface area contributed by atoms with E-state index in [4.69, 9.17) is 9.72 Å². The summed E-state index contributed by atoms with van der Waals surface area (Å²) in [5, 5.41) is 2.14. The fourth-order valence-corrected chi connectivity index (χ4v) is 10.1. The van der Waals surface area contributed by atoms with Gasteiger partial charge in [-0.2, -0.15) is 0 Å². The van der Waals surface area contributed by atoms with Gasteiger partial charge in [-0.05, 0) is 11.1 Å². The van der Waals surface area contributed by atoms with E-state index in [9.17, 15) is 0 Å². The van der Waals surface area contributed by atoms with Gasteiger partial charge in [-0.15, -0.1) is 0 Å². The average Bonchev–Trinajstić information content (AvgIpc) is 3.87. The molecule has 12 rings (SSSR count). The Kier molecular flexibility index (Phi) is 9.96. The zero-order chi connectivity index (χ0) is 44.0. The Bertz CT molecular complexity index is 3750. The molecular weight excluding hydrogens is 992 g/mol. The van der Waals surface area contributed by atoms with E-state index in [1.54, 1.807) is 6.33 Å². The third-order valence-electron chi connectivity index (χ3n) is 12.0. The second kappa shape index (κ2) is 16.7. The van der Waals surface area contributed by atoms with Crippen LogP contribution in [0.2, 0.25) is 0 Å². The molecule has 0 atom stereocenters. The third kappa shape index (κ3) is 6.89. The summed E-state index contributed by atoms with van der Waals surface area (Å²) in [6.45, 7) is 0. The number of pyridine rings is 1. The topological polar surface area (TPSA) is 62.7 Å². The number of ether oxygens (including phenoxy) is 1. The number of fused-ring (bicyclic) bond motifs is 4. The minimum atomic E-state index is 0.563. The molecule has 0 N–H and O–H groups in total. The van der Waals surface area contributed by atoms with Crippen LogP contribution in [0.1, 0.15) is 0 Å². The molecule has 316 valence electrons. The second-order valence-corrected chi connectivity index (χ2v) is 16.9. The van der Waals surface area contributed by atoms with Crippen LogP contribution in [0.4, 0.5) is 0 Å². The van der Waals surface area contributed by atoms with Gasteiger partial charge in [-0.25, -0.2) is 9.97 Å². The molecule has 0 saturated heterocycles. The first-order valence-corrected chi connectivity index (χ1v) is 22.7. The molecule has 8 aromatic carbocycles. The van der Waals surface area contributed by atoms with Crippen LogP contribution in [-0.2, 0) is 19.4 Å². The van der Waals surface area contributed by atoms with Crippen molar-refractivity contribution in [2.24, 2.45) is 0 Å². The van der Waals surface area contributed by atoms with Gasteiger partial charge in [0.25, 0.3) is 0 Å². The maximum atomic E-state index is 6.72. The van der Waals surface area contributed by atoms with E-state index in [0.29, 0.717) is 11.5 Å². The molecule has 0 saturated carbocycles. The molecule has 0 aliphatic heterocycles. The van der Waals surface area contributed by atoms with Gasteiger partial charge in [-0.3, -0.25) is 0 Å². The first-order valence-electron chi connectivity index (χ1n) is 21.6. The molecule has 0 bridgehead atoms. The van der Waals surface area contributed by atoms with E-state index in [2.05, 4.69) is 225 Å². The number of para-hydroxylation sites is 4. The number of aromatic nitrogens is 6. The van der Waals surface area contributed by atoms with E-state index in [1.165, 1.54) is 0 Å². The number of hydrogen-bond donors (Lipinski definition) is 0. The van der Waals surface area contributed by atoms with E-state index < -0.39 is 0 Å². The summed E-state index contributed by atoms with van der Waals surface area (Å²) in [5.74, 6) is 1.89. The number of nitrogens with zero attached hydrogens (tertiary/aromatic N) is 6. The van der Waals surface area contributed by atoms with E-state index in [-0.39, 0.29) is 0 Å². The predicted octanol–water partition coefficient (Wildman–Crippen LogP) is 13.8. The summed E-state index contributed by atoms with van der Waals surface area (Å²) in [6, 6.07) is 74.7. The third-order valence-corrected chi connectivity index (χ3v) is 13.0. The van der Waals surface area contributed by atoms with Crippen molar-refractivity contribution in [3.63, 3.8) is 0 Å². The molecule has 0 spiro atoms. The van der Waals surface area contributed by atoms with Crippen molar-refractivity contribution in [1.82, 2.24) is 28.7 Å². The molecule has 4 aromatic heterocycles. The van der Waals surface area contributed by atoms with Crippen LogP contribution in [0, 0.1) is 15.9 Å². The Morgan fingerprint density at radius 3 is 1.68 bits per heavy atom. The summed E-state index contributed by atoms with van der Waals surface area (Å²) >= 11 is 2.47. The van der Waals surface area contributed by atoms with Crippen LogP contribution in [0.3, 0.4) is 0 Å². The van der Waals surface area contributed by atoms with Gasteiger partial charge in [0, 0.05) is 29.7 Å². The Morgan fingerprint density at radius 2 is 1.00 bits per heavy atom. The molecular formula is C58H36N6OPt-2. The standard InChI is InChI=1S/C58H36N6O.Pt/c1-4-16-40(17-5-1)47-25-15-26-48(41-18-6-2-7-19-41)58(47)63-39-62(54-28-12-13-29-55(54)63)44-22-14-23-45(32-44)65-46-30-31-50-49-24-10-11-27-53(49)64(56(50)33-46)57-34-51(42-20-8-3-9-21-42)52(37-61-57)43-35-59-38-60-36-43;/h1-31,34-38H;/q-2;. The van der Waals surface area contributed by atoms with Crippen LogP contribution in [0.25, 0.3) is 94.5 Å². The fraction of sp³-hybridized carbons (Fsp3) is 0. The minimum absolute atomic E-state index is 0.563. The number of rotatable bonds is 9. The van der Waals surface area contributed by atoms with Crippen molar-refractivity contribution in [2.45, 2.75) is 0 Å².